The number of aryl methyl sites for hydroxylation is 2. The summed E-state index contributed by atoms with van der Waals surface area (Å²) in [4.78, 5) is 15.1. The molecule has 0 spiro atoms. The summed E-state index contributed by atoms with van der Waals surface area (Å²) in [7, 11) is 0. The average Bonchev–Trinajstić information content (AvgIpc) is 2.87. The van der Waals surface area contributed by atoms with E-state index in [2.05, 4.69) is 30.9 Å². The van der Waals surface area contributed by atoms with E-state index in [1.807, 2.05) is 6.07 Å². The fourth-order valence-corrected chi connectivity index (χ4v) is 4.15. The first kappa shape index (κ1) is 13.8. The van der Waals surface area contributed by atoms with Gasteiger partial charge >= 0.3 is 0 Å². The number of carbonyl (C=O) groups excluding carboxylic acids is 1. The van der Waals surface area contributed by atoms with Gasteiger partial charge in [0.25, 0.3) is 0 Å². The summed E-state index contributed by atoms with van der Waals surface area (Å²) in [5.74, 6) is 1.16. The number of piperidine rings is 1. The van der Waals surface area contributed by atoms with Gasteiger partial charge in [-0.2, -0.15) is 0 Å². The third-order valence-electron chi connectivity index (χ3n) is 5.14. The zero-order valence-electron chi connectivity index (χ0n) is 12.7. The van der Waals surface area contributed by atoms with Crippen LogP contribution >= 0.6 is 0 Å². The standard InChI is InChI=1S/C18H25NO/c1-13-8-9-16(14(2)11-13)18(20)12-19-10-4-6-15-5-3-7-17(15)19/h8-9,11,15,17H,3-7,10,12H2,1-2H3. The Kier molecular flexibility index (Phi) is 3.93. The van der Waals surface area contributed by atoms with Crippen LogP contribution in [0, 0.1) is 19.8 Å². The van der Waals surface area contributed by atoms with Crippen LogP contribution < -0.4 is 0 Å². The minimum Gasteiger partial charge on any atom is -0.293 e. The van der Waals surface area contributed by atoms with Gasteiger partial charge in [-0.1, -0.05) is 30.2 Å². The Labute approximate surface area is 122 Å². The summed E-state index contributed by atoms with van der Waals surface area (Å²) in [6.07, 6.45) is 6.66. The molecule has 2 aliphatic rings. The third-order valence-corrected chi connectivity index (χ3v) is 5.14. The van der Waals surface area contributed by atoms with Gasteiger partial charge in [-0.25, -0.2) is 0 Å². The Morgan fingerprint density at radius 1 is 1.20 bits per heavy atom. The molecule has 2 heteroatoms. The van der Waals surface area contributed by atoms with Gasteiger partial charge in [0.1, 0.15) is 0 Å². The molecule has 2 atom stereocenters. The highest BCUT2D eigenvalue weighted by atomic mass is 16.1. The fourth-order valence-electron chi connectivity index (χ4n) is 4.15. The molecule has 2 fully saturated rings. The highest BCUT2D eigenvalue weighted by molar-refractivity contribution is 5.99. The maximum Gasteiger partial charge on any atom is 0.177 e. The molecule has 1 saturated heterocycles. The SMILES string of the molecule is Cc1ccc(C(=O)CN2CCCC3CCCC32)c(C)c1. The summed E-state index contributed by atoms with van der Waals surface area (Å²) < 4.78 is 0. The Hall–Kier alpha value is -1.15. The highest BCUT2D eigenvalue weighted by Gasteiger charge is 2.35. The quantitative estimate of drug-likeness (QED) is 0.780. The van der Waals surface area contributed by atoms with E-state index in [9.17, 15) is 4.79 Å². The van der Waals surface area contributed by atoms with Crippen molar-refractivity contribution < 1.29 is 4.79 Å². The number of hydrogen-bond acceptors (Lipinski definition) is 2. The van der Waals surface area contributed by atoms with Crippen molar-refractivity contribution in [1.29, 1.82) is 0 Å². The number of carbonyl (C=O) groups is 1. The predicted octanol–water partition coefficient (Wildman–Crippen LogP) is 3.75. The highest BCUT2D eigenvalue weighted by Crippen LogP contribution is 2.36. The van der Waals surface area contributed by atoms with Crippen LogP contribution in [0.15, 0.2) is 18.2 Å². The topological polar surface area (TPSA) is 20.3 Å². The van der Waals surface area contributed by atoms with Gasteiger partial charge in [0, 0.05) is 11.6 Å². The smallest absolute Gasteiger partial charge is 0.177 e. The molecule has 1 aromatic rings. The summed E-state index contributed by atoms with van der Waals surface area (Å²) in [5.41, 5.74) is 3.26. The maximum absolute atomic E-state index is 12.6. The zero-order chi connectivity index (χ0) is 14.1. The van der Waals surface area contributed by atoms with E-state index in [1.165, 1.54) is 37.7 Å². The molecule has 0 N–H and O–H groups in total. The monoisotopic (exact) mass is 271 g/mol. The summed E-state index contributed by atoms with van der Waals surface area (Å²) in [6, 6.07) is 6.85. The molecule has 3 rings (SSSR count). The lowest BCUT2D eigenvalue weighted by Crippen LogP contribution is -2.45. The molecule has 2 unspecified atom stereocenters. The number of hydrogen-bond donors (Lipinski definition) is 0. The van der Waals surface area contributed by atoms with Crippen LogP contribution in [0.25, 0.3) is 0 Å². The first-order valence-electron chi connectivity index (χ1n) is 7.99. The molecule has 1 heterocycles. The lowest BCUT2D eigenvalue weighted by molar-refractivity contribution is 0.0776. The van der Waals surface area contributed by atoms with E-state index < -0.39 is 0 Å². The van der Waals surface area contributed by atoms with E-state index in [0.717, 1.165) is 23.6 Å². The van der Waals surface area contributed by atoms with Crippen molar-refractivity contribution in [1.82, 2.24) is 4.90 Å². The molecule has 0 radical (unpaired) electrons. The van der Waals surface area contributed by atoms with Crippen LogP contribution in [0.1, 0.15) is 53.6 Å². The van der Waals surface area contributed by atoms with Crippen LogP contribution in [0.4, 0.5) is 0 Å². The van der Waals surface area contributed by atoms with Gasteiger partial charge < -0.3 is 0 Å². The van der Waals surface area contributed by atoms with Crippen molar-refractivity contribution in [2.45, 2.75) is 52.0 Å². The number of ketones is 1. The molecule has 0 amide bonds. The molecule has 1 aromatic carbocycles. The number of rotatable bonds is 3. The molecule has 1 saturated carbocycles. The van der Waals surface area contributed by atoms with E-state index >= 15 is 0 Å². The van der Waals surface area contributed by atoms with Crippen LogP contribution in [0.5, 0.6) is 0 Å². The molecule has 108 valence electrons. The summed E-state index contributed by atoms with van der Waals surface area (Å²) >= 11 is 0. The molecule has 20 heavy (non-hydrogen) atoms. The lowest BCUT2D eigenvalue weighted by atomic mass is 9.91. The maximum atomic E-state index is 12.6. The number of nitrogens with zero attached hydrogens (tertiary/aromatic N) is 1. The minimum absolute atomic E-state index is 0.301. The summed E-state index contributed by atoms with van der Waals surface area (Å²) in [6.45, 7) is 5.85. The molecule has 2 nitrogen and oxygen atoms in total. The molecule has 0 aromatic heterocycles. The Balaban J connectivity index is 1.72. The van der Waals surface area contributed by atoms with Gasteiger partial charge in [0.05, 0.1) is 6.54 Å². The predicted molar refractivity (Wildman–Crippen MR) is 82.2 cm³/mol. The molecular formula is C18H25NO. The average molecular weight is 271 g/mol. The van der Waals surface area contributed by atoms with Crippen LogP contribution in [0.2, 0.25) is 0 Å². The number of benzene rings is 1. The lowest BCUT2D eigenvalue weighted by Gasteiger charge is -2.37. The van der Waals surface area contributed by atoms with E-state index in [4.69, 9.17) is 0 Å². The number of Topliss-reactive ketones (excluding diaryl/α,β-unsaturated/α-hetero) is 1. The Bertz CT molecular complexity index is 508. The van der Waals surface area contributed by atoms with E-state index in [0.29, 0.717) is 18.4 Å². The first-order valence-corrected chi connectivity index (χ1v) is 7.99. The molecule has 0 bridgehead atoms. The second-order valence-corrected chi connectivity index (χ2v) is 6.61. The van der Waals surface area contributed by atoms with Crippen molar-refractivity contribution in [3.8, 4) is 0 Å². The van der Waals surface area contributed by atoms with Gasteiger partial charge in [0.15, 0.2) is 5.78 Å². The second kappa shape index (κ2) is 5.69. The van der Waals surface area contributed by atoms with Gasteiger partial charge in [-0.3, -0.25) is 9.69 Å². The normalized spacial score (nSPS) is 26.5. The van der Waals surface area contributed by atoms with Gasteiger partial charge in [-0.15, -0.1) is 0 Å². The zero-order valence-corrected chi connectivity index (χ0v) is 12.7. The second-order valence-electron chi connectivity index (χ2n) is 6.61. The number of fused-ring (bicyclic) bond motifs is 1. The minimum atomic E-state index is 0.301. The van der Waals surface area contributed by atoms with Crippen LogP contribution in [0.3, 0.4) is 0 Å². The van der Waals surface area contributed by atoms with Gasteiger partial charge in [-0.05, 0) is 57.6 Å². The van der Waals surface area contributed by atoms with Crippen LogP contribution in [-0.2, 0) is 0 Å². The van der Waals surface area contributed by atoms with E-state index in [-0.39, 0.29) is 0 Å². The van der Waals surface area contributed by atoms with Gasteiger partial charge in [0.2, 0.25) is 0 Å². The van der Waals surface area contributed by atoms with Crippen molar-refractivity contribution in [2.75, 3.05) is 13.1 Å². The third kappa shape index (κ3) is 2.67. The Morgan fingerprint density at radius 2 is 2.00 bits per heavy atom. The molecule has 1 aliphatic carbocycles. The van der Waals surface area contributed by atoms with Crippen molar-refractivity contribution >= 4 is 5.78 Å². The fraction of sp³-hybridized carbons (Fsp3) is 0.611. The van der Waals surface area contributed by atoms with Crippen molar-refractivity contribution in [3.63, 3.8) is 0 Å². The molecule has 1 aliphatic heterocycles. The van der Waals surface area contributed by atoms with E-state index in [1.54, 1.807) is 0 Å². The first-order chi connectivity index (χ1) is 9.65. The summed E-state index contributed by atoms with van der Waals surface area (Å²) in [5, 5.41) is 0. The number of likely N-dealkylation sites (tertiary alicyclic amines) is 1. The van der Waals surface area contributed by atoms with Crippen molar-refractivity contribution in [2.24, 2.45) is 5.92 Å². The van der Waals surface area contributed by atoms with Crippen LogP contribution in [-0.4, -0.2) is 29.8 Å². The Morgan fingerprint density at radius 3 is 2.80 bits per heavy atom. The van der Waals surface area contributed by atoms with Crippen molar-refractivity contribution in [3.05, 3.63) is 34.9 Å². The largest absolute Gasteiger partial charge is 0.293 e. The molecular weight excluding hydrogens is 246 g/mol.